The number of aliphatic carboxylic acids is 1. The smallest absolute Gasteiger partial charge is 0.327 e. The number of carbonyl (C=O) groups excluding carboxylic acids is 1. The Balaban J connectivity index is 1.55. The second kappa shape index (κ2) is 12.0. The summed E-state index contributed by atoms with van der Waals surface area (Å²) in [6.45, 7) is 4.96. The van der Waals surface area contributed by atoms with Gasteiger partial charge in [0.15, 0.2) is 5.76 Å². The van der Waals surface area contributed by atoms with Gasteiger partial charge in [-0.25, -0.2) is 13.2 Å². The molecule has 222 valence electrons. The van der Waals surface area contributed by atoms with Crippen molar-refractivity contribution in [3.63, 3.8) is 0 Å². The number of hydrogen-bond acceptors (Lipinski definition) is 7. The number of aryl methyl sites for hydroxylation is 1. The molecule has 2 atom stereocenters. The van der Waals surface area contributed by atoms with Crippen LogP contribution in [0.1, 0.15) is 30.0 Å². The lowest BCUT2D eigenvalue weighted by molar-refractivity contribution is -0.139. The van der Waals surface area contributed by atoms with E-state index in [1.807, 2.05) is 0 Å². The Bertz CT molecular complexity index is 1770. The first kappa shape index (κ1) is 30.8. The minimum absolute atomic E-state index is 0.0559. The highest BCUT2D eigenvalue weighted by Gasteiger charge is 2.30. The van der Waals surface area contributed by atoms with Crippen molar-refractivity contribution in [2.45, 2.75) is 26.8 Å². The predicted octanol–water partition coefficient (Wildman–Crippen LogP) is 4.77. The Hall–Kier alpha value is -4.20. The van der Waals surface area contributed by atoms with Crippen LogP contribution >= 0.6 is 0 Å². The predicted molar refractivity (Wildman–Crippen MR) is 162 cm³/mol. The number of hydrogen-bond donors (Lipinski definition) is 2. The highest BCUT2D eigenvalue weighted by molar-refractivity contribution is 7.92. The Labute approximate surface area is 246 Å². The van der Waals surface area contributed by atoms with Gasteiger partial charge in [-0.1, -0.05) is 44.2 Å². The molecule has 2 unspecified atom stereocenters. The first-order valence-corrected chi connectivity index (χ1v) is 15.7. The standard InChI is InChI=1S/C29H31N3O8S2/c1-17(2)26(29(34)35)32(41(36)37)22-15-11-20(12-16-22)19-9-13-21(14-10-19)30-28(33)27-18(3)25-23(31(4)42(5,38)39)7-6-8-24(25)40-27/h6-17,26H,1-5H3,(H,30,33)(H,34,35)(H,36,37)/p-1. The molecule has 1 aromatic heterocycles. The number of rotatable bonds is 10. The second-order valence-corrected chi connectivity index (χ2v) is 12.9. The van der Waals surface area contributed by atoms with Gasteiger partial charge in [0, 0.05) is 40.6 Å². The van der Waals surface area contributed by atoms with Crippen molar-refractivity contribution in [3.8, 4) is 11.1 Å². The van der Waals surface area contributed by atoms with Crippen molar-refractivity contribution in [3.05, 3.63) is 78.1 Å². The van der Waals surface area contributed by atoms with E-state index >= 15 is 0 Å². The fourth-order valence-corrected chi connectivity index (χ4v) is 5.99. The second-order valence-electron chi connectivity index (χ2n) is 10.1. The summed E-state index contributed by atoms with van der Waals surface area (Å²) in [5, 5.41) is 12.9. The third-order valence-corrected chi connectivity index (χ3v) is 8.82. The number of benzene rings is 3. The van der Waals surface area contributed by atoms with Crippen LogP contribution in [0.15, 0.2) is 71.1 Å². The van der Waals surface area contributed by atoms with Crippen molar-refractivity contribution in [1.82, 2.24) is 0 Å². The first-order valence-electron chi connectivity index (χ1n) is 12.8. The highest BCUT2D eigenvalue weighted by atomic mass is 32.2. The lowest BCUT2D eigenvalue weighted by Crippen LogP contribution is -2.45. The number of nitrogens with one attached hydrogen (secondary N) is 1. The molecule has 0 aliphatic carbocycles. The third kappa shape index (κ3) is 6.17. The molecule has 1 heterocycles. The van der Waals surface area contributed by atoms with Crippen molar-refractivity contribution in [1.29, 1.82) is 0 Å². The Morgan fingerprint density at radius 3 is 2.07 bits per heavy atom. The molecule has 0 fully saturated rings. The van der Waals surface area contributed by atoms with E-state index in [4.69, 9.17) is 4.42 Å². The number of nitrogens with zero attached hydrogens (tertiary/aromatic N) is 2. The molecular formula is C29H30N3O8S2-. The lowest BCUT2D eigenvalue weighted by Gasteiger charge is -2.34. The average molecular weight is 613 g/mol. The van der Waals surface area contributed by atoms with Crippen LogP contribution in [-0.2, 0) is 26.1 Å². The van der Waals surface area contributed by atoms with Gasteiger partial charge in [0.25, 0.3) is 5.91 Å². The number of amides is 1. The van der Waals surface area contributed by atoms with Crippen LogP contribution < -0.4 is 13.9 Å². The van der Waals surface area contributed by atoms with E-state index in [0.717, 1.165) is 26.0 Å². The molecule has 0 aliphatic heterocycles. The maximum absolute atomic E-state index is 13.1. The van der Waals surface area contributed by atoms with Gasteiger partial charge in [-0.3, -0.25) is 17.6 Å². The zero-order chi connectivity index (χ0) is 30.9. The van der Waals surface area contributed by atoms with Crippen LogP contribution in [-0.4, -0.2) is 53.5 Å². The number of anilines is 3. The van der Waals surface area contributed by atoms with Gasteiger partial charge in [-0.15, -0.1) is 0 Å². The number of carboxylic acid groups (broad SMARTS) is 1. The fraction of sp³-hybridized carbons (Fsp3) is 0.241. The zero-order valence-electron chi connectivity index (χ0n) is 23.5. The summed E-state index contributed by atoms with van der Waals surface area (Å²) in [5.74, 6) is -2.14. The van der Waals surface area contributed by atoms with E-state index < -0.39 is 45.1 Å². The summed E-state index contributed by atoms with van der Waals surface area (Å²) in [7, 11) is -2.10. The van der Waals surface area contributed by atoms with E-state index in [0.29, 0.717) is 27.9 Å². The first-order chi connectivity index (χ1) is 19.7. The van der Waals surface area contributed by atoms with Crippen LogP contribution in [0.4, 0.5) is 17.1 Å². The van der Waals surface area contributed by atoms with Crippen LogP contribution in [0, 0.1) is 12.8 Å². The molecule has 4 rings (SSSR count). The maximum Gasteiger partial charge on any atom is 0.327 e. The van der Waals surface area contributed by atoms with Crippen molar-refractivity contribution >= 4 is 61.2 Å². The summed E-state index contributed by atoms with van der Waals surface area (Å²) in [4.78, 5) is 24.8. The number of carbonyl (C=O) groups is 2. The molecule has 0 radical (unpaired) electrons. The molecule has 13 heteroatoms. The molecule has 3 aromatic carbocycles. The number of fused-ring (bicyclic) bond motifs is 1. The Kier molecular flexibility index (Phi) is 8.76. The summed E-state index contributed by atoms with van der Waals surface area (Å²) >= 11 is -2.79. The molecule has 11 nitrogen and oxygen atoms in total. The Morgan fingerprint density at radius 1 is 1.00 bits per heavy atom. The van der Waals surface area contributed by atoms with Gasteiger partial charge >= 0.3 is 5.97 Å². The molecule has 4 aromatic rings. The van der Waals surface area contributed by atoms with Crippen LogP contribution in [0.3, 0.4) is 0 Å². The van der Waals surface area contributed by atoms with Gasteiger partial charge in [-0.2, -0.15) is 0 Å². The number of carboxylic acids is 1. The van der Waals surface area contributed by atoms with Crippen LogP contribution in [0.2, 0.25) is 0 Å². The van der Waals surface area contributed by atoms with Crippen molar-refractivity contribution in [2.24, 2.45) is 5.92 Å². The molecule has 0 saturated heterocycles. The molecule has 0 saturated carbocycles. The molecule has 1 amide bonds. The topological polar surface area (TPSA) is 160 Å². The fourth-order valence-electron chi connectivity index (χ4n) is 4.67. The lowest BCUT2D eigenvalue weighted by atomic mass is 10.0. The molecule has 42 heavy (non-hydrogen) atoms. The van der Waals surface area contributed by atoms with E-state index in [9.17, 15) is 31.9 Å². The van der Waals surface area contributed by atoms with Crippen molar-refractivity contribution < 1.29 is 36.3 Å². The summed E-state index contributed by atoms with van der Waals surface area (Å²) in [5.41, 5.74) is 3.53. The zero-order valence-corrected chi connectivity index (χ0v) is 25.2. The van der Waals surface area contributed by atoms with Gasteiger partial charge in [0.2, 0.25) is 10.0 Å². The van der Waals surface area contributed by atoms with Gasteiger partial charge in [0.05, 0.1) is 11.9 Å². The maximum atomic E-state index is 13.1. The monoisotopic (exact) mass is 612 g/mol. The summed E-state index contributed by atoms with van der Waals surface area (Å²) in [6.07, 6.45) is 1.10. The van der Waals surface area contributed by atoms with Gasteiger partial charge < -0.3 is 19.4 Å². The third-order valence-electron chi connectivity index (χ3n) is 6.87. The van der Waals surface area contributed by atoms with Crippen molar-refractivity contribution in [2.75, 3.05) is 27.2 Å². The molecule has 2 N–H and O–H groups in total. The van der Waals surface area contributed by atoms with E-state index in [-0.39, 0.29) is 11.4 Å². The molecule has 0 spiro atoms. The minimum atomic E-state index is -3.53. The summed E-state index contributed by atoms with van der Waals surface area (Å²) < 4.78 is 55.8. The minimum Gasteiger partial charge on any atom is -0.755 e. The normalized spacial score (nSPS) is 13.1. The molecule has 0 aliphatic rings. The molecule has 0 bridgehead atoms. The van der Waals surface area contributed by atoms with E-state index in [1.54, 1.807) is 87.5 Å². The Morgan fingerprint density at radius 2 is 1.57 bits per heavy atom. The van der Waals surface area contributed by atoms with Crippen LogP contribution in [0.5, 0.6) is 0 Å². The van der Waals surface area contributed by atoms with E-state index in [1.165, 1.54) is 7.05 Å². The quantitative estimate of drug-likeness (QED) is 0.242. The largest absolute Gasteiger partial charge is 0.755 e. The average Bonchev–Trinajstić information content (AvgIpc) is 3.27. The summed E-state index contributed by atoms with van der Waals surface area (Å²) in [6, 6.07) is 17.1. The molecular weight excluding hydrogens is 582 g/mol. The number of furan rings is 1. The van der Waals surface area contributed by atoms with Crippen LogP contribution in [0.25, 0.3) is 22.1 Å². The SMILES string of the molecule is Cc1c(C(=O)Nc2ccc(-c3ccc(N(C(C(=O)O)C(C)C)S(=O)[O-])cc3)cc2)oc2cccc(N(C)S(C)(=O)=O)c12. The highest BCUT2D eigenvalue weighted by Crippen LogP contribution is 2.35. The number of sulfonamides is 1. The van der Waals surface area contributed by atoms with Gasteiger partial charge in [-0.05, 0) is 60.4 Å². The van der Waals surface area contributed by atoms with E-state index in [2.05, 4.69) is 5.32 Å². The van der Waals surface area contributed by atoms with Gasteiger partial charge in [0.1, 0.15) is 11.6 Å².